The fourth-order valence-electron chi connectivity index (χ4n) is 2.90. The molecule has 1 fully saturated rings. The van der Waals surface area contributed by atoms with Crippen molar-refractivity contribution in [1.29, 1.82) is 0 Å². The lowest BCUT2D eigenvalue weighted by molar-refractivity contribution is -0.140. The van der Waals surface area contributed by atoms with E-state index in [9.17, 15) is 9.59 Å². The summed E-state index contributed by atoms with van der Waals surface area (Å²) in [5, 5.41) is 2.79. The van der Waals surface area contributed by atoms with Crippen molar-refractivity contribution in [2.24, 2.45) is 0 Å². The number of methoxy groups -OCH3 is 1. The molecule has 132 valence electrons. The highest BCUT2D eigenvalue weighted by Gasteiger charge is 2.18. The minimum atomic E-state index is -0.461. The molecule has 0 radical (unpaired) electrons. The molecule has 25 heavy (non-hydrogen) atoms. The molecule has 0 atom stereocenters. The van der Waals surface area contributed by atoms with Gasteiger partial charge in [0.15, 0.2) is 0 Å². The minimum absolute atomic E-state index is 0.0829. The Labute approximate surface area is 146 Å². The molecule has 1 aromatic carbocycles. The van der Waals surface area contributed by atoms with Gasteiger partial charge in [0.1, 0.15) is 17.9 Å². The zero-order valence-electron chi connectivity index (χ0n) is 14.1. The van der Waals surface area contributed by atoms with Crippen LogP contribution < -0.4 is 10.1 Å². The minimum Gasteiger partial charge on any atom is -0.490 e. The van der Waals surface area contributed by atoms with Crippen LogP contribution in [0, 0.1) is 0 Å². The van der Waals surface area contributed by atoms with Gasteiger partial charge in [-0.3, -0.25) is 9.59 Å². The van der Waals surface area contributed by atoms with Gasteiger partial charge in [-0.05, 0) is 56.0 Å². The normalized spacial score (nSPS) is 14.3. The van der Waals surface area contributed by atoms with Crippen LogP contribution in [0.3, 0.4) is 0 Å². The van der Waals surface area contributed by atoms with Gasteiger partial charge < -0.3 is 19.2 Å². The first-order chi connectivity index (χ1) is 12.2. The lowest BCUT2D eigenvalue weighted by atomic mass is 10.2. The monoisotopic (exact) mass is 343 g/mol. The van der Waals surface area contributed by atoms with Crippen LogP contribution in [0.5, 0.6) is 5.75 Å². The highest BCUT2D eigenvalue weighted by atomic mass is 16.5. The van der Waals surface area contributed by atoms with Crippen LogP contribution in [-0.2, 0) is 16.0 Å². The second-order valence-corrected chi connectivity index (χ2v) is 6.01. The maximum atomic E-state index is 12.4. The zero-order valence-corrected chi connectivity index (χ0v) is 14.1. The summed E-state index contributed by atoms with van der Waals surface area (Å²) in [7, 11) is 1.29. The topological polar surface area (TPSA) is 77.8 Å². The Bertz CT molecular complexity index is 729. The predicted octanol–water partition coefficient (Wildman–Crippen LogP) is 3.57. The number of anilines is 1. The second-order valence-electron chi connectivity index (χ2n) is 6.01. The van der Waals surface area contributed by atoms with Crippen LogP contribution in [0.2, 0.25) is 0 Å². The van der Waals surface area contributed by atoms with Gasteiger partial charge in [0, 0.05) is 5.69 Å². The average Bonchev–Trinajstić information content (AvgIpc) is 3.28. The van der Waals surface area contributed by atoms with E-state index in [4.69, 9.17) is 9.15 Å². The van der Waals surface area contributed by atoms with Crippen molar-refractivity contribution in [1.82, 2.24) is 0 Å². The van der Waals surface area contributed by atoms with E-state index < -0.39 is 5.97 Å². The van der Waals surface area contributed by atoms with E-state index in [1.165, 1.54) is 32.3 Å². The molecule has 0 aliphatic heterocycles. The third-order valence-electron chi connectivity index (χ3n) is 4.24. The number of rotatable bonds is 6. The first-order valence-electron chi connectivity index (χ1n) is 8.37. The maximum Gasteiger partial charge on any atom is 0.313 e. The van der Waals surface area contributed by atoms with Gasteiger partial charge in [-0.1, -0.05) is 0 Å². The van der Waals surface area contributed by atoms with Gasteiger partial charge in [0.05, 0.1) is 25.0 Å². The highest BCUT2D eigenvalue weighted by molar-refractivity contribution is 6.05. The van der Waals surface area contributed by atoms with Crippen molar-refractivity contribution >= 4 is 17.6 Å². The van der Waals surface area contributed by atoms with E-state index in [1.54, 1.807) is 12.1 Å². The fraction of sp³-hybridized carbons (Fsp3) is 0.368. The molecule has 0 spiro atoms. The van der Waals surface area contributed by atoms with Crippen LogP contribution >= 0.6 is 0 Å². The van der Waals surface area contributed by atoms with E-state index in [0.717, 1.165) is 18.6 Å². The maximum absolute atomic E-state index is 12.4. The lowest BCUT2D eigenvalue weighted by Gasteiger charge is -2.13. The highest BCUT2D eigenvalue weighted by Crippen LogP contribution is 2.25. The molecule has 6 nitrogen and oxygen atoms in total. The molecule has 3 rings (SSSR count). The molecule has 1 aliphatic carbocycles. The smallest absolute Gasteiger partial charge is 0.313 e. The van der Waals surface area contributed by atoms with Gasteiger partial charge in [-0.25, -0.2) is 0 Å². The molecule has 2 aromatic rings. The number of hydrogen-bond acceptors (Lipinski definition) is 5. The molecule has 1 aromatic heterocycles. The number of carbonyl (C=O) groups is 2. The van der Waals surface area contributed by atoms with Gasteiger partial charge in [-0.15, -0.1) is 0 Å². The number of carbonyl (C=O) groups excluding carboxylic acids is 2. The van der Waals surface area contributed by atoms with Crippen molar-refractivity contribution in [3.8, 4) is 5.75 Å². The molecule has 6 heteroatoms. The molecule has 0 bridgehead atoms. The number of esters is 1. The molecular formula is C19H21NO5. The van der Waals surface area contributed by atoms with Gasteiger partial charge in [-0.2, -0.15) is 0 Å². The largest absolute Gasteiger partial charge is 0.490 e. The van der Waals surface area contributed by atoms with Crippen molar-refractivity contribution in [2.45, 2.75) is 38.2 Å². The summed E-state index contributed by atoms with van der Waals surface area (Å²) < 4.78 is 15.7. The first-order valence-corrected chi connectivity index (χ1v) is 8.37. The fourth-order valence-corrected chi connectivity index (χ4v) is 2.90. The van der Waals surface area contributed by atoms with Crippen molar-refractivity contribution in [3.63, 3.8) is 0 Å². The van der Waals surface area contributed by atoms with Crippen molar-refractivity contribution in [3.05, 3.63) is 47.9 Å². The Kier molecular flexibility index (Phi) is 5.38. The zero-order chi connectivity index (χ0) is 17.6. The summed E-state index contributed by atoms with van der Waals surface area (Å²) in [5.74, 6) is 0.291. The molecule has 1 heterocycles. The molecule has 1 amide bonds. The quantitative estimate of drug-likeness (QED) is 0.811. The van der Waals surface area contributed by atoms with E-state index in [-0.39, 0.29) is 18.1 Å². The second kappa shape index (κ2) is 7.88. The Hall–Kier alpha value is -2.76. The third-order valence-corrected chi connectivity index (χ3v) is 4.24. The van der Waals surface area contributed by atoms with E-state index in [2.05, 4.69) is 10.1 Å². The molecule has 0 saturated heterocycles. The molecular weight excluding hydrogens is 322 g/mol. The van der Waals surface area contributed by atoms with Crippen molar-refractivity contribution in [2.75, 3.05) is 12.4 Å². The van der Waals surface area contributed by atoms with Crippen LogP contribution in [0.1, 0.15) is 41.8 Å². The summed E-state index contributed by atoms with van der Waals surface area (Å²) in [5.41, 5.74) is 0.964. The first kappa shape index (κ1) is 17.1. The van der Waals surface area contributed by atoms with Crippen LogP contribution in [0.4, 0.5) is 5.69 Å². The molecule has 1 saturated carbocycles. The summed E-state index contributed by atoms with van der Waals surface area (Å²) in [6.07, 6.45) is 6.23. The van der Waals surface area contributed by atoms with E-state index >= 15 is 0 Å². The summed E-state index contributed by atoms with van der Waals surface area (Å²) in [6, 6.07) is 8.81. The Morgan fingerprint density at radius 3 is 2.56 bits per heavy atom. The number of amides is 1. The number of ether oxygens (including phenoxy) is 2. The Balaban J connectivity index is 1.61. The number of hydrogen-bond donors (Lipinski definition) is 1. The molecule has 0 unspecified atom stereocenters. The van der Waals surface area contributed by atoms with Gasteiger partial charge in [0.25, 0.3) is 5.91 Å². The summed E-state index contributed by atoms with van der Waals surface area (Å²) in [6.45, 7) is 0. The summed E-state index contributed by atoms with van der Waals surface area (Å²) in [4.78, 5) is 23.7. The van der Waals surface area contributed by atoms with Gasteiger partial charge >= 0.3 is 5.97 Å². The Morgan fingerprint density at radius 1 is 1.16 bits per heavy atom. The average molecular weight is 343 g/mol. The van der Waals surface area contributed by atoms with Crippen LogP contribution in [-0.4, -0.2) is 25.1 Å². The van der Waals surface area contributed by atoms with E-state index in [0.29, 0.717) is 17.4 Å². The number of nitrogens with one attached hydrogen (secondary N) is 1. The Morgan fingerprint density at radius 2 is 1.88 bits per heavy atom. The molecule has 1 aliphatic rings. The van der Waals surface area contributed by atoms with Crippen LogP contribution in [0.25, 0.3) is 0 Å². The van der Waals surface area contributed by atoms with Crippen LogP contribution in [0.15, 0.2) is 41.0 Å². The standard InChI is InChI=1S/C19H21NO5/c1-23-18(21)12-17-16(10-11-24-17)19(22)20-13-6-8-15(9-7-13)25-14-4-2-3-5-14/h6-11,14H,2-5,12H2,1H3,(H,20,22). The number of furan rings is 1. The predicted molar refractivity (Wildman–Crippen MR) is 91.7 cm³/mol. The van der Waals surface area contributed by atoms with E-state index in [1.807, 2.05) is 12.1 Å². The molecule has 1 N–H and O–H groups in total. The van der Waals surface area contributed by atoms with Gasteiger partial charge in [0.2, 0.25) is 0 Å². The number of benzene rings is 1. The lowest BCUT2D eigenvalue weighted by Crippen LogP contribution is -2.15. The SMILES string of the molecule is COC(=O)Cc1occc1C(=O)Nc1ccc(OC2CCCC2)cc1. The van der Waals surface area contributed by atoms with Crippen molar-refractivity contribution < 1.29 is 23.5 Å². The summed E-state index contributed by atoms with van der Waals surface area (Å²) >= 11 is 0. The third kappa shape index (κ3) is 4.41.